The van der Waals surface area contributed by atoms with Gasteiger partial charge in [0.15, 0.2) is 5.78 Å². The average Bonchev–Trinajstić information content (AvgIpc) is 2.34. The third-order valence-corrected chi connectivity index (χ3v) is 3.52. The van der Waals surface area contributed by atoms with Crippen LogP contribution in [0.5, 0.6) is 0 Å². The summed E-state index contributed by atoms with van der Waals surface area (Å²) in [6, 6.07) is 0. The van der Waals surface area contributed by atoms with Gasteiger partial charge in [-0.05, 0) is 32.1 Å². The van der Waals surface area contributed by atoms with Crippen molar-refractivity contribution in [2.75, 3.05) is 6.61 Å². The highest BCUT2D eigenvalue weighted by Crippen LogP contribution is 2.29. The lowest BCUT2D eigenvalue weighted by molar-refractivity contribution is -0.134. The number of hydrogen-bond donors (Lipinski definition) is 0. The van der Waals surface area contributed by atoms with Crippen molar-refractivity contribution in [1.82, 2.24) is 0 Å². The van der Waals surface area contributed by atoms with E-state index in [-0.39, 0.29) is 6.10 Å². The predicted molar refractivity (Wildman–Crippen MR) is 66.5 cm³/mol. The lowest BCUT2D eigenvalue weighted by atomic mass is 9.83. The number of ether oxygens (including phenoxy) is 1. The fourth-order valence-electron chi connectivity index (χ4n) is 2.60. The topological polar surface area (TPSA) is 26.3 Å². The lowest BCUT2D eigenvalue weighted by Crippen LogP contribution is -2.34. The molecule has 1 saturated carbocycles. The van der Waals surface area contributed by atoms with Crippen LogP contribution in [0.2, 0.25) is 0 Å². The fraction of sp³-hybridized carbons (Fsp3) is 0.929. The Bertz CT molecular complexity index is 195. The van der Waals surface area contributed by atoms with Crippen LogP contribution in [0.15, 0.2) is 0 Å². The molecule has 1 unspecified atom stereocenters. The summed E-state index contributed by atoms with van der Waals surface area (Å²) < 4.78 is 5.69. The van der Waals surface area contributed by atoms with Crippen LogP contribution in [0, 0.1) is 5.92 Å². The molecule has 1 rings (SSSR count). The van der Waals surface area contributed by atoms with E-state index in [0.717, 1.165) is 12.8 Å². The van der Waals surface area contributed by atoms with Crippen LogP contribution in [-0.2, 0) is 9.53 Å². The second-order valence-corrected chi connectivity index (χ2v) is 4.84. The van der Waals surface area contributed by atoms with Gasteiger partial charge in [0.1, 0.15) is 6.10 Å². The molecule has 0 radical (unpaired) electrons. The molecule has 0 amide bonds. The Morgan fingerprint density at radius 2 is 1.94 bits per heavy atom. The zero-order chi connectivity index (χ0) is 11.8. The number of carbonyl (C=O) groups is 1. The minimum absolute atomic E-state index is 0.100. The van der Waals surface area contributed by atoms with Crippen molar-refractivity contribution in [3.05, 3.63) is 0 Å². The molecule has 0 aliphatic heterocycles. The Balaban J connectivity index is 2.47. The first-order valence-electron chi connectivity index (χ1n) is 6.93. The van der Waals surface area contributed by atoms with Crippen molar-refractivity contribution >= 4 is 5.78 Å². The molecule has 1 atom stereocenters. The van der Waals surface area contributed by atoms with Gasteiger partial charge >= 0.3 is 0 Å². The monoisotopic (exact) mass is 226 g/mol. The molecule has 16 heavy (non-hydrogen) atoms. The number of Topliss-reactive ketones (excluding diaryl/α,β-unsaturated/α-hetero) is 1. The van der Waals surface area contributed by atoms with Crippen molar-refractivity contribution in [1.29, 1.82) is 0 Å². The van der Waals surface area contributed by atoms with E-state index in [0.29, 0.717) is 24.7 Å². The lowest BCUT2D eigenvalue weighted by Gasteiger charge is -2.29. The third-order valence-electron chi connectivity index (χ3n) is 3.52. The van der Waals surface area contributed by atoms with Crippen molar-refractivity contribution < 1.29 is 9.53 Å². The molecule has 1 aliphatic rings. The van der Waals surface area contributed by atoms with Gasteiger partial charge < -0.3 is 4.74 Å². The average molecular weight is 226 g/mol. The van der Waals surface area contributed by atoms with Crippen LogP contribution in [-0.4, -0.2) is 18.5 Å². The van der Waals surface area contributed by atoms with Crippen molar-refractivity contribution in [3.63, 3.8) is 0 Å². The molecule has 0 aromatic heterocycles. The van der Waals surface area contributed by atoms with E-state index in [4.69, 9.17) is 4.74 Å². The van der Waals surface area contributed by atoms with Gasteiger partial charge in [0.05, 0.1) is 0 Å². The zero-order valence-electron chi connectivity index (χ0n) is 10.8. The highest BCUT2D eigenvalue weighted by atomic mass is 16.5. The molecule has 94 valence electrons. The van der Waals surface area contributed by atoms with Crippen LogP contribution < -0.4 is 0 Å². The minimum Gasteiger partial charge on any atom is -0.370 e. The predicted octanol–water partition coefficient (Wildman–Crippen LogP) is 3.73. The van der Waals surface area contributed by atoms with E-state index in [1.165, 1.54) is 32.1 Å². The second-order valence-electron chi connectivity index (χ2n) is 4.84. The standard InChI is InChI=1S/C14H26O2/c1-3-5-11-13(15)14(16-4-2)12-9-7-6-8-10-12/h12,14H,3-11H2,1-2H3. The van der Waals surface area contributed by atoms with Gasteiger partial charge in [0.2, 0.25) is 0 Å². The highest BCUT2D eigenvalue weighted by Gasteiger charge is 2.29. The molecule has 0 heterocycles. The van der Waals surface area contributed by atoms with Gasteiger partial charge in [-0.15, -0.1) is 0 Å². The molecule has 0 aromatic carbocycles. The molecule has 0 spiro atoms. The highest BCUT2D eigenvalue weighted by molar-refractivity contribution is 5.83. The van der Waals surface area contributed by atoms with Crippen molar-refractivity contribution in [3.8, 4) is 0 Å². The normalized spacial score (nSPS) is 19.6. The quantitative estimate of drug-likeness (QED) is 0.661. The second kappa shape index (κ2) is 7.83. The summed E-state index contributed by atoms with van der Waals surface area (Å²) in [5.41, 5.74) is 0. The number of ketones is 1. The molecule has 0 bridgehead atoms. The molecular weight excluding hydrogens is 200 g/mol. The van der Waals surface area contributed by atoms with Gasteiger partial charge in [-0.2, -0.15) is 0 Å². The molecule has 1 fully saturated rings. The summed E-state index contributed by atoms with van der Waals surface area (Å²) in [6.07, 6.45) is 8.95. The van der Waals surface area contributed by atoms with Crippen LogP contribution in [0.1, 0.15) is 65.2 Å². The van der Waals surface area contributed by atoms with Gasteiger partial charge in [-0.1, -0.05) is 32.6 Å². The van der Waals surface area contributed by atoms with E-state index in [2.05, 4.69) is 6.92 Å². The van der Waals surface area contributed by atoms with Crippen LogP contribution in [0.3, 0.4) is 0 Å². The van der Waals surface area contributed by atoms with Gasteiger partial charge in [-0.3, -0.25) is 4.79 Å². The van der Waals surface area contributed by atoms with Crippen LogP contribution >= 0.6 is 0 Å². The maximum absolute atomic E-state index is 12.1. The van der Waals surface area contributed by atoms with Gasteiger partial charge in [0.25, 0.3) is 0 Å². The summed E-state index contributed by atoms with van der Waals surface area (Å²) in [4.78, 5) is 12.1. The van der Waals surface area contributed by atoms with Gasteiger partial charge in [-0.25, -0.2) is 0 Å². The molecule has 0 aromatic rings. The fourth-order valence-corrected chi connectivity index (χ4v) is 2.60. The molecule has 2 nitrogen and oxygen atoms in total. The maximum atomic E-state index is 12.1. The first-order valence-corrected chi connectivity index (χ1v) is 6.93. The number of rotatable bonds is 7. The number of hydrogen-bond acceptors (Lipinski definition) is 2. The minimum atomic E-state index is -0.100. The molecule has 0 N–H and O–H groups in total. The van der Waals surface area contributed by atoms with Crippen LogP contribution in [0.25, 0.3) is 0 Å². The van der Waals surface area contributed by atoms with E-state index in [9.17, 15) is 4.79 Å². The molecule has 2 heteroatoms. The SMILES string of the molecule is CCCCC(=O)C(OCC)C1CCCCC1. The summed E-state index contributed by atoms with van der Waals surface area (Å²) >= 11 is 0. The molecular formula is C14H26O2. The van der Waals surface area contributed by atoms with E-state index >= 15 is 0 Å². The molecule has 1 aliphatic carbocycles. The van der Waals surface area contributed by atoms with E-state index < -0.39 is 0 Å². The summed E-state index contributed by atoms with van der Waals surface area (Å²) in [5, 5.41) is 0. The number of carbonyl (C=O) groups excluding carboxylic acids is 1. The Morgan fingerprint density at radius 1 is 1.25 bits per heavy atom. The molecule has 0 saturated heterocycles. The van der Waals surface area contributed by atoms with Crippen molar-refractivity contribution in [2.45, 2.75) is 71.3 Å². The summed E-state index contributed by atoms with van der Waals surface area (Å²) in [5.74, 6) is 0.841. The Morgan fingerprint density at radius 3 is 2.50 bits per heavy atom. The zero-order valence-corrected chi connectivity index (χ0v) is 10.8. The largest absolute Gasteiger partial charge is 0.370 e. The first kappa shape index (κ1) is 13.7. The third kappa shape index (κ3) is 4.25. The first-order chi connectivity index (χ1) is 7.79. The van der Waals surface area contributed by atoms with Gasteiger partial charge in [0, 0.05) is 13.0 Å². The van der Waals surface area contributed by atoms with E-state index in [1.807, 2.05) is 6.92 Å². The van der Waals surface area contributed by atoms with E-state index in [1.54, 1.807) is 0 Å². The smallest absolute Gasteiger partial charge is 0.161 e. The van der Waals surface area contributed by atoms with Crippen LogP contribution in [0.4, 0.5) is 0 Å². The van der Waals surface area contributed by atoms with Crippen molar-refractivity contribution in [2.24, 2.45) is 5.92 Å². The Labute approximate surface area is 99.8 Å². The Hall–Kier alpha value is -0.370. The number of unbranched alkanes of at least 4 members (excludes halogenated alkanes) is 1. The summed E-state index contributed by atoms with van der Waals surface area (Å²) in [7, 11) is 0. The maximum Gasteiger partial charge on any atom is 0.161 e. The summed E-state index contributed by atoms with van der Waals surface area (Å²) in [6.45, 7) is 4.78. The Kier molecular flexibility index (Phi) is 6.70.